The van der Waals surface area contributed by atoms with E-state index < -0.39 is 0 Å². The molecule has 0 radical (unpaired) electrons. The average molecular weight is 580 g/mol. The minimum Gasteiger partial charge on any atom is -0.438 e. The van der Waals surface area contributed by atoms with Gasteiger partial charge < -0.3 is 13.6 Å². The van der Waals surface area contributed by atoms with Gasteiger partial charge in [0.05, 0.1) is 33.8 Å². The van der Waals surface area contributed by atoms with Crippen LogP contribution in [-0.4, -0.2) is 14.1 Å². The zero-order valence-corrected chi connectivity index (χ0v) is 24.7. The van der Waals surface area contributed by atoms with Crippen molar-refractivity contribution in [3.8, 4) is 11.4 Å². The summed E-state index contributed by atoms with van der Waals surface area (Å²) in [5.74, 6) is 0. The van der Waals surface area contributed by atoms with Crippen LogP contribution in [0.1, 0.15) is 36.1 Å². The van der Waals surface area contributed by atoms with E-state index in [1.807, 2.05) is 6.20 Å². The van der Waals surface area contributed by atoms with E-state index in [0.29, 0.717) is 5.71 Å². The molecular formula is C41H29N3O. The Bertz CT molecular complexity index is 2600. The van der Waals surface area contributed by atoms with Crippen molar-refractivity contribution in [2.24, 2.45) is 0 Å². The van der Waals surface area contributed by atoms with E-state index in [0.717, 1.165) is 58.8 Å². The lowest BCUT2D eigenvalue weighted by Gasteiger charge is -2.13. The molecule has 2 aliphatic carbocycles. The molecule has 0 unspecified atom stereocenters. The summed E-state index contributed by atoms with van der Waals surface area (Å²) in [6.45, 7) is 0. The lowest BCUT2D eigenvalue weighted by molar-refractivity contribution is 0.654. The van der Waals surface area contributed by atoms with Crippen LogP contribution in [0.4, 0.5) is 0 Å². The quantitative estimate of drug-likeness (QED) is 0.209. The van der Waals surface area contributed by atoms with E-state index >= 15 is 0 Å². The molecule has 8 aromatic rings. The molecule has 2 aliphatic rings. The van der Waals surface area contributed by atoms with Crippen LogP contribution in [0.15, 0.2) is 126 Å². The molecule has 0 N–H and O–H groups in total. The van der Waals surface area contributed by atoms with Crippen molar-refractivity contribution < 1.29 is 4.42 Å². The average Bonchev–Trinajstić information content (AvgIpc) is 3.75. The normalized spacial score (nSPS) is 14.7. The molecule has 4 heterocycles. The van der Waals surface area contributed by atoms with Crippen molar-refractivity contribution in [1.82, 2.24) is 14.1 Å². The van der Waals surface area contributed by atoms with Gasteiger partial charge in [0.1, 0.15) is 5.58 Å². The molecule has 4 nitrogen and oxygen atoms in total. The minimum atomic E-state index is 0.666. The number of hydrogen-bond donors (Lipinski definition) is 0. The first kappa shape index (κ1) is 24.8. The van der Waals surface area contributed by atoms with Crippen molar-refractivity contribution in [3.63, 3.8) is 0 Å². The van der Waals surface area contributed by atoms with Crippen LogP contribution in [-0.2, 0) is 6.42 Å². The highest BCUT2D eigenvalue weighted by molar-refractivity contribution is 6.11. The van der Waals surface area contributed by atoms with E-state index in [2.05, 4.69) is 131 Å². The lowest BCUT2D eigenvalue weighted by atomic mass is 9.98. The predicted molar refractivity (Wildman–Crippen MR) is 186 cm³/mol. The van der Waals surface area contributed by atoms with Crippen LogP contribution in [0, 0.1) is 0 Å². The van der Waals surface area contributed by atoms with E-state index in [4.69, 9.17) is 9.40 Å². The number of aryl methyl sites for hydroxylation is 1. The molecule has 0 saturated heterocycles. The second-order valence-electron chi connectivity index (χ2n) is 12.2. The molecule has 0 spiro atoms. The molecule has 0 saturated carbocycles. The number of nitrogens with zero attached hydrogens (tertiary/aromatic N) is 3. The van der Waals surface area contributed by atoms with Crippen molar-refractivity contribution in [2.45, 2.75) is 25.7 Å². The van der Waals surface area contributed by atoms with Crippen LogP contribution >= 0.6 is 0 Å². The highest BCUT2D eigenvalue weighted by Gasteiger charge is 2.20. The van der Waals surface area contributed by atoms with Crippen LogP contribution in [0.2, 0.25) is 0 Å². The highest BCUT2D eigenvalue weighted by Crippen LogP contribution is 2.39. The highest BCUT2D eigenvalue weighted by atomic mass is 16.3. The lowest BCUT2D eigenvalue weighted by Crippen LogP contribution is -2.00. The second-order valence-corrected chi connectivity index (χ2v) is 12.2. The molecule has 0 aliphatic heterocycles. The Morgan fingerprint density at radius 2 is 1.40 bits per heavy atom. The van der Waals surface area contributed by atoms with Gasteiger partial charge in [0.2, 0.25) is 5.71 Å². The molecule has 4 aromatic heterocycles. The van der Waals surface area contributed by atoms with Crippen LogP contribution in [0.3, 0.4) is 0 Å². The van der Waals surface area contributed by atoms with Crippen molar-refractivity contribution in [2.75, 3.05) is 0 Å². The Labute approximate surface area is 259 Å². The maximum atomic E-state index is 6.21. The predicted octanol–water partition coefficient (Wildman–Crippen LogP) is 10.7. The van der Waals surface area contributed by atoms with Gasteiger partial charge in [0.25, 0.3) is 0 Å². The van der Waals surface area contributed by atoms with Gasteiger partial charge in [0, 0.05) is 32.9 Å². The molecule has 45 heavy (non-hydrogen) atoms. The summed E-state index contributed by atoms with van der Waals surface area (Å²) >= 11 is 0. The van der Waals surface area contributed by atoms with Gasteiger partial charge in [-0.3, -0.25) is 0 Å². The van der Waals surface area contributed by atoms with Gasteiger partial charge in [-0.05, 0) is 97.0 Å². The van der Waals surface area contributed by atoms with E-state index in [1.165, 1.54) is 49.8 Å². The number of pyridine rings is 1. The Balaban J connectivity index is 1.19. The molecule has 0 atom stereocenters. The van der Waals surface area contributed by atoms with E-state index in [-0.39, 0.29) is 0 Å². The first-order valence-electron chi connectivity index (χ1n) is 15.8. The Hall–Kier alpha value is -5.61. The number of allylic oxidation sites excluding steroid dienone is 5. The van der Waals surface area contributed by atoms with Gasteiger partial charge in [-0.2, -0.15) is 0 Å². The van der Waals surface area contributed by atoms with Crippen molar-refractivity contribution >= 4 is 66.4 Å². The number of hydrogen-bond acceptors (Lipinski definition) is 2. The van der Waals surface area contributed by atoms with Crippen molar-refractivity contribution in [3.05, 3.63) is 138 Å². The standard InChI is InChI=1S/C41H29N3O/c1-2-10-26(11-3-1)27-18-21-40-34(22-27)35-24-29(25-42-41(35)45-40)44-38-17-9-6-14-32(38)33-23-28(19-20-39(33)44)43-36-15-7-4-12-30(36)31-13-5-8-16-37(31)43/h2,4,6-12,14-25H,1,3,5,13H2. The van der Waals surface area contributed by atoms with Crippen LogP contribution in [0.25, 0.3) is 77.8 Å². The maximum Gasteiger partial charge on any atom is 0.227 e. The van der Waals surface area contributed by atoms with E-state index in [1.54, 1.807) is 0 Å². The third kappa shape index (κ3) is 3.63. The van der Waals surface area contributed by atoms with Crippen LogP contribution in [0.5, 0.6) is 0 Å². The molecule has 0 amide bonds. The fourth-order valence-corrected chi connectivity index (χ4v) is 7.62. The molecular weight excluding hydrogens is 550 g/mol. The number of para-hydroxylation sites is 2. The zero-order chi connectivity index (χ0) is 29.5. The summed E-state index contributed by atoms with van der Waals surface area (Å²) in [4.78, 5) is 4.84. The Morgan fingerprint density at radius 3 is 2.29 bits per heavy atom. The smallest absolute Gasteiger partial charge is 0.227 e. The molecule has 214 valence electrons. The van der Waals surface area contributed by atoms with Gasteiger partial charge in [-0.25, -0.2) is 4.98 Å². The third-order valence-corrected chi connectivity index (χ3v) is 9.67. The van der Waals surface area contributed by atoms with E-state index in [9.17, 15) is 0 Å². The minimum absolute atomic E-state index is 0.666. The fourth-order valence-electron chi connectivity index (χ4n) is 7.62. The first-order chi connectivity index (χ1) is 22.3. The Morgan fingerprint density at radius 1 is 0.600 bits per heavy atom. The third-order valence-electron chi connectivity index (χ3n) is 9.67. The van der Waals surface area contributed by atoms with Crippen LogP contribution < -0.4 is 0 Å². The number of benzene rings is 4. The van der Waals surface area contributed by atoms with Gasteiger partial charge >= 0.3 is 0 Å². The number of aromatic nitrogens is 3. The first-order valence-corrected chi connectivity index (χ1v) is 15.8. The SMILES string of the molecule is C1=CC(c2ccc3oc4ncc(-n5c6ccccc6c6cc(-n7c8c(c9ccccc97)CCC=C8)ccc65)cc4c3c2)=CCC1. The second kappa shape index (κ2) is 9.44. The zero-order valence-electron chi connectivity index (χ0n) is 24.7. The van der Waals surface area contributed by atoms with Gasteiger partial charge in [-0.15, -0.1) is 0 Å². The number of fused-ring (bicyclic) bond motifs is 9. The van der Waals surface area contributed by atoms with Gasteiger partial charge in [0.15, 0.2) is 0 Å². The summed E-state index contributed by atoms with van der Waals surface area (Å²) in [5, 5.41) is 5.93. The summed E-state index contributed by atoms with van der Waals surface area (Å²) in [6.07, 6.45) is 17.7. The summed E-state index contributed by atoms with van der Waals surface area (Å²) in [7, 11) is 0. The fraction of sp³-hybridized carbons (Fsp3) is 0.0976. The number of rotatable bonds is 3. The Kier molecular flexibility index (Phi) is 5.20. The number of furan rings is 1. The topological polar surface area (TPSA) is 35.9 Å². The molecule has 0 fully saturated rings. The van der Waals surface area contributed by atoms with Crippen molar-refractivity contribution in [1.29, 1.82) is 0 Å². The summed E-state index contributed by atoms with van der Waals surface area (Å²) in [5.41, 5.74) is 12.5. The summed E-state index contributed by atoms with van der Waals surface area (Å²) in [6, 6.07) is 33.1. The summed E-state index contributed by atoms with van der Waals surface area (Å²) < 4.78 is 11.0. The van der Waals surface area contributed by atoms with Gasteiger partial charge in [-0.1, -0.05) is 66.8 Å². The molecule has 4 heteroatoms. The molecule has 10 rings (SSSR count). The monoisotopic (exact) mass is 579 g/mol. The molecule has 0 bridgehead atoms. The molecule has 4 aromatic carbocycles. The largest absolute Gasteiger partial charge is 0.438 e. The maximum absolute atomic E-state index is 6.21.